The molecule has 1 aromatic carbocycles. The summed E-state index contributed by atoms with van der Waals surface area (Å²) in [6.45, 7) is 4.90. The normalized spacial score (nSPS) is 22.3. The zero-order valence-electron chi connectivity index (χ0n) is 14.4. The maximum atomic E-state index is 12.5. The number of piperidine rings is 1. The molecule has 2 heterocycles. The summed E-state index contributed by atoms with van der Waals surface area (Å²) in [5.74, 6) is 0.437. The lowest BCUT2D eigenvalue weighted by atomic mass is 9.99. The molecular weight excluding hydrogens is 302 g/mol. The number of hydrogen-bond acceptors (Lipinski definition) is 2. The van der Waals surface area contributed by atoms with Gasteiger partial charge in [0.2, 0.25) is 5.91 Å². The number of rotatable bonds is 3. The van der Waals surface area contributed by atoms with Crippen LogP contribution in [-0.4, -0.2) is 54.0 Å². The second kappa shape index (κ2) is 7.69. The number of carbonyl (C=O) groups excluding carboxylic acids is 2. The fourth-order valence-electron chi connectivity index (χ4n) is 3.67. The first-order valence-corrected chi connectivity index (χ1v) is 9.04. The number of urea groups is 1. The molecule has 1 aromatic rings. The molecule has 2 atom stereocenters. The Labute approximate surface area is 144 Å². The number of benzene rings is 1. The third kappa shape index (κ3) is 3.89. The monoisotopic (exact) mass is 329 g/mol. The Kier molecular flexibility index (Phi) is 5.38. The Bertz CT molecular complexity index is 569. The lowest BCUT2D eigenvalue weighted by molar-refractivity contribution is -0.133. The van der Waals surface area contributed by atoms with Gasteiger partial charge in [-0.3, -0.25) is 4.79 Å². The Balaban J connectivity index is 1.51. The molecule has 0 radical (unpaired) electrons. The van der Waals surface area contributed by atoms with Crippen LogP contribution < -0.4 is 5.32 Å². The second-order valence-electron chi connectivity index (χ2n) is 6.90. The standard InChI is InChI=1S/C19H27N3O2/c1-15(18(23)21-11-6-3-7-12-21)20-19(24)22-13-10-17(14-22)16-8-4-2-5-9-16/h2,4-5,8-9,15,17H,3,6-7,10-14H2,1H3,(H,20,24)/t15-,17+/m1/s1. The Morgan fingerprint density at radius 2 is 1.75 bits per heavy atom. The van der Waals surface area contributed by atoms with Crippen molar-refractivity contribution in [2.24, 2.45) is 0 Å². The Morgan fingerprint density at radius 3 is 2.46 bits per heavy atom. The number of carbonyl (C=O) groups is 2. The molecule has 2 saturated heterocycles. The largest absolute Gasteiger partial charge is 0.341 e. The van der Waals surface area contributed by atoms with E-state index in [0.717, 1.165) is 45.4 Å². The lowest BCUT2D eigenvalue weighted by Gasteiger charge is -2.30. The summed E-state index contributed by atoms with van der Waals surface area (Å²) < 4.78 is 0. The first-order valence-electron chi connectivity index (χ1n) is 9.04. The van der Waals surface area contributed by atoms with Crippen LogP contribution in [0.25, 0.3) is 0 Å². The number of nitrogens with zero attached hydrogens (tertiary/aromatic N) is 2. The van der Waals surface area contributed by atoms with Gasteiger partial charge in [0.05, 0.1) is 0 Å². The molecule has 2 aliphatic heterocycles. The van der Waals surface area contributed by atoms with E-state index >= 15 is 0 Å². The van der Waals surface area contributed by atoms with Gasteiger partial charge < -0.3 is 15.1 Å². The number of likely N-dealkylation sites (tertiary alicyclic amines) is 2. The van der Waals surface area contributed by atoms with E-state index in [1.54, 1.807) is 6.92 Å². The highest BCUT2D eigenvalue weighted by molar-refractivity contribution is 5.86. The average molecular weight is 329 g/mol. The molecule has 0 aromatic heterocycles. The van der Waals surface area contributed by atoms with Gasteiger partial charge in [-0.15, -0.1) is 0 Å². The summed E-state index contributed by atoms with van der Waals surface area (Å²) in [6, 6.07) is 9.76. The van der Waals surface area contributed by atoms with Crippen molar-refractivity contribution in [3.63, 3.8) is 0 Å². The molecule has 5 heteroatoms. The minimum Gasteiger partial charge on any atom is -0.341 e. The summed E-state index contributed by atoms with van der Waals surface area (Å²) in [4.78, 5) is 28.6. The Morgan fingerprint density at radius 1 is 1.04 bits per heavy atom. The number of nitrogens with one attached hydrogen (secondary N) is 1. The van der Waals surface area contributed by atoms with E-state index in [-0.39, 0.29) is 11.9 Å². The molecule has 2 fully saturated rings. The van der Waals surface area contributed by atoms with Crippen molar-refractivity contribution >= 4 is 11.9 Å². The summed E-state index contributed by atoms with van der Waals surface area (Å²) in [7, 11) is 0. The molecule has 1 N–H and O–H groups in total. The van der Waals surface area contributed by atoms with Crippen LogP contribution in [-0.2, 0) is 4.79 Å². The minimum absolute atomic E-state index is 0.0434. The van der Waals surface area contributed by atoms with E-state index < -0.39 is 6.04 Å². The van der Waals surface area contributed by atoms with E-state index in [0.29, 0.717) is 5.92 Å². The summed E-state index contributed by atoms with van der Waals surface area (Å²) in [5.41, 5.74) is 1.28. The van der Waals surface area contributed by atoms with E-state index in [9.17, 15) is 9.59 Å². The van der Waals surface area contributed by atoms with Crippen LogP contribution in [0.2, 0.25) is 0 Å². The predicted octanol–water partition coefficient (Wildman–Crippen LogP) is 2.59. The summed E-state index contributed by atoms with van der Waals surface area (Å²) >= 11 is 0. The zero-order valence-corrected chi connectivity index (χ0v) is 14.4. The highest BCUT2D eigenvalue weighted by atomic mass is 16.2. The molecular formula is C19H27N3O2. The molecule has 3 amide bonds. The van der Waals surface area contributed by atoms with Crippen LogP contribution in [0.3, 0.4) is 0 Å². The quantitative estimate of drug-likeness (QED) is 0.927. The van der Waals surface area contributed by atoms with Crippen LogP contribution in [0, 0.1) is 0 Å². The van der Waals surface area contributed by atoms with Gasteiger partial charge in [-0.1, -0.05) is 30.3 Å². The van der Waals surface area contributed by atoms with Gasteiger partial charge in [0.1, 0.15) is 6.04 Å². The molecule has 130 valence electrons. The van der Waals surface area contributed by atoms with E-state index in [1.807, 2.05) is 28.0 Å². The fraction of sp³-hybridized carbons (Fsp3) is 0.579. The van der Waals surface area contributed by atoms with Crippen LogP contribution in [0.15, 0.2) is 30.3 Å². The van der Waals surface area contributed by atoms with Crippen LogP contribution in [0.1, 0.15) is 44.1 Å². The number of amides is 3. The van der Waals surface area contributed by atoms with Crippen LogP contribution in [0.4, 0.5) is 4.79 Å². The molecule has 0 saturated carbocycles. The Hall–Kier alpha value is -2.04. The van der Waals surface area contributed by atoms with E-state index in [2.05, 4.69) is 17.4 Å². The van der Waals surface area contributed by atoms with E-state index in [4.69, 9.17) is 0 Å². The summed E-state index contributed by atoms with van der Waals surface area (Å²) in [6.07, 6.45) is 4.31. The summed E-state index contributed by atoms with van der Waals surface area (Å²) in [5, 5.41) is 2.89. The highest BCUT2D eigenvalue weighted by Crippen LogP contribution is 2.26. The van der Waals surface area contributed by atoms with Gasteiger partial charge >= 0.3 is 6.03 Å². The van der Waals surface area contributed by atoms with Crippen LogP contribution >= 0.6 is 0 Å². The molecule has 2 aliphatic rings. The predicted molar refractivity (Wildman–Crippen MR) is 93.8 cm³/mol. The van der Waals surface area contributed by atoms with Gasteiger partial charge in [-0.2, -0.15) is 0 Å². The van der Waals surface area contributed by atoms with Crippen molar-refractivity contribution in [1.29, 1.82) is 0 Å². The smallest absolute Gasteiger partial charge is 0.318 e. The van der Waals surface area contributed by atoms with Gasteiger partial charge in [-0.25, -0.2) is 4.79 Å². The van der Waals surface area contributed by atoms with Crippen molar-refractivity contribution in [2.45, 2.75) is 44.6 Å². The zero-order chi connectivity index (χ0) is 16.9. The SMILES string of the molecule is C[C@@H](NC(=O)N1CC[C@H](c2ccccc2)C1)C(=O)N1CCCCC1. The molecule has 0 unspecified atom stereocenters. The van der Waals surface area contributed by atoms with Crippen molar-refractivity contribution < 1.29 is 9.59 Å². The van der Waals surface area contributed by atoms with Crippen LogP contribution in [0.5, 0.6) is 0 Å². The van der Waals surface area contributed by atoms with E-state index in [1.165, 1.54) is 12.0 Å². The molecule has 3 rings (SSSR count). The fourth-order valence-corrected chi connectivity index (χ4v) is 3.67. The van der Waals surface area contributed by atoms with Crippen molar-refractivity contribution in [1.82, 2.24) is 15.1 Å². The molecule has 0 aliphatic carbocycles. The highest BCUT2D eigenvalue weighted by Gasteiger charge is 2.30. The number of hydrogen-bond donors (Lipinski definition) is 1. The first kappa shape index (κ1) is 16.8. The molecule has 0 spiro atoms. The molecule has 5 nitrogen and oxygen atoms in total. The first-order chi connectivity index (χ1) is 11.6. The second-order valence-corrected chi connectivity index (χ2v) is 6.90. The van der Waals surface area contributed by atoms with Gasteiger partial charge in [0, 0.05) is 32.1 Å². The van der Waals surface area contributed by atoms with Crippen molar-refractivity contribution in [2.75, 3.05) is 26.2 Å². The van der Waals surface area contributed by atoms with Gasteiger partial charge in [0.25, 0.3) is 0 Å². The molecule has 24 heavy (non-hydrogen) atoms. The lowest BCUT2D eigenvalue weighted by Crippen LogP contribution is -2.51. The molecule has 0 bridgehead atoms. The van der Waals surface area contributed by atoms with Gasteiger partial charge in [0.15, 0.2) is 0 Å². The third-order valence-corrected chi connectivity index (χ3v) is 5.12. The van der Waals surface area contributed by atoms with Crippen molar-refractivity contribution in [3.8, 4) is 0 Å². The van der Waals surface area contributed by atoms with Gasteiger partial charge in [-0.05, 0) is 38.2 Å². The average Bonchev–Trinajstić information content (AvgIpc) is 3.13. The van der Waals surface area contributed by atoms with Crippen molar-refractivity contribution in [3.05, 3.63) is 35.9 Å². The maximum Gasteiger partial charge on any atom is 0.318 e. The third-order valence-electron chi connectivity index (χ3n) is 5.12. The topological polar surface area (TPSA) is 52.7 Å². The minimum atomic E-state index is -0.452. The maximum absolute atomic E-state index is 12.5.